The van der Waals surface area contributed by atoms with Crippen molar-refractivity contribution in [3.05, 3.63) is 16.3 Å². The van der Waals surface area contributed by atoms with Crippen LogP contribution in [-0.2, 0) is 14.3 Å². The molecule has 0 spiro atoms. The summed E-state index contributed by atoms with van der Waals surface area (Å²) in [7, 11) is 0. The number of likely N-dealkylation sites (tertiary alicyclic amines) is 1. The predicted molar refractivity (Wildman–Crippen MR) is 116 cm³/mol. The molecular formula is C22H30N2O6S. The Morgan fingerprint density at radius 1 is 1.19 bits per heavy atom. The quantitative estimate of drug-likeness (QED) is 0.736. The molecule has 31 heavy (non-hydrogen) atoms. The third kappa shape index (κ3) is 4.87. The Balaban J connectivity index is 1.51. The van der Waals surface area contributed by atoms with Gasteiger partial charge in [-0.2, -0.15) is 0 Å². The minimum Gasteiger partial charge on any atom is -0.477 e. The molecule has 9 heteroatoms. The summed E-state index contributed by atoms with van der Waals surface area (Å²) >= 11 is 1.13. The molecule has 0 aromatic carbocycles. The van der Waals surface area contributed by atoms with Crippen molar-refractivity contribution in [2.45, 2.75) is 57.6 Å². The first-order valence-electron chi connectivity index (χ1n) is 11.1. The molecule has 2 atom stereocenters. The molecule has 3 aliphatic rings. The molecule has 2 aliphatic heterocycles. The van der Waals surface area contributed by atoms with Crippen LogP contribution in [0.4, 0.5) is 10.5 Å². The van der Waals surface area contributed by atoms with E-state index in [9.17, 15) is 19.5 Å². The van der Waals surface area contributed by atoms with Crippen molar-refractivity contribution in [3.63, 3.8) is 0 Å². The van der Waals surface area contributed by atoms with Crippen LogP contribution in [0.3, 0.4) is 0 Å². The van der Waals surface area contributed by atoms with Crippen molar-refractivity contribution in [1.29, 1.82) is 0 Å². The van der Waals surface area contributed by atoms with Crippen LogP contribution >= 0.6 is 11.3 Å². The van der Waals surface area contributed by atoms with Crippen molar-refractivity contribution in [3.8, 4) is 0 Å². The second kappa shape index (κ2) is 9.56. The van der Waals surface area contributed by atoms with Gasteiger partial charge in [0.15, 0.2) is 0 Å². The number of carboxylic acids is 1. The molecule has 0 bridgehead atoms. The Morgan fingerprint density at radius 2 is 1.97 bits per heavy atom. The highest BCUT2D eigenvalue weighted by atomic mass is 32.1. The number of nitrogens with zero attached hydrogens (tertiary/aromatic N) is 2. The van der Waals surface area contributed by atoms with Crippen molar-refractivity contribution >= 4 is 35.0 Å². The van der Waals surface area contributed by atoms with Gasteiger partial charge in [0.05, 0.1) is 24.9 Å². The second-order valence-electron chi connectivity index (χ2n) is 8.86. The van der Waals surface area contributed by atoms with E-state index in [0.717, 1.165) is 37.0 Å². The number of amides is 2. The first kappa shape index (κ1) is 22.1. The summed E-state index contributed by atoms with van der Waals surface area (Å²) in [6.45, 7) is 4.05. The van der Waals surface area contributed by atoms with E-state index in [1.165, 1.54) is 0 Å². The maximum atomic E-state index is 13.6. The third-order valence-electron chi connectivity index (χ3n) is 6.64. The van der Waals surface area contributed by atoms with Crippen molar-refractivity contribution in [2.24, 2.45) is 11.8 Å². The standard InChI is InChI=1S/C22H30N2O6S/c1-14-2-4-15(5-3-14)20(25)24(18-8-11-31-19(18)21(26)27)16-6-9-23(12-16)22(28)30-17-7-10-29-13-17/h8,11,14-17H,2-7,9-10,12-13H2,1H3,(H,26,27)/t14?,15?,16-,17+/m0/s1. The fourth-order valence-corrected chi connectivity index (χ4v) is 5.51. The molecule has 3 fully saturated rings. The monoisotopic (exact) mass is 450 g/mol. The summed E-state index contributed by atoms with van der Waals surface area (Å²) < 4.78 is 10.8. The van der Waals surface area contributed by atoms with Crippen LogP contribution in [0.1, 0.15) is 55.1 Å². The zero-order valence-electron chi connectivity index (χ0n) is 17.8. The van der Waals surface area contributed by atoms with E-state index in [1.807, 2.05) is 0 Å². The molecule has 1 saturated carbocycles. The number of rotatable bonds is 5. The first-order chi connectivity index (χ1) is 14.9. The summed E-state index contributed by atoms with van der Waals surface area (Å²) in [5.74, 6) is -0.535. The molecule has 1 aliphatic carbocycles. The summed E-state index contributed by atoms with van der Waals surface area (Å²) in [5.41, 5.74) is 0.450. The zero-order chi connectivity index (χ0) is 22.0. The van der Waals surface area contributed by atoms with Crippen LogP contribution in [-0.4, -0.2) is 66.4 Å². The minimum atomic E-state index is -1.03. The van der Waals surface area contributed by atoms with Gasteiger partial charge in [0.1, 0.15) is 11.0 Å². The molecule has 2 saturated heterocycles. The van der Waals surface area contributed by atoms with E-state index in [0.29, 0.717) is 50.8 Å². The van der Waals surface area contributed by atoms with Crippen LogP contribution < -0.4 is 4.90 Å². The molecule has 1 N–H and O–H groups in total. The van der Waals surface area contributed by atoms with Gasteiger partial charge in [-0.05, 0) is 49.5 Å². The molecule has 0 unspecified atom stereocenters. The smallest absolute Gasteiger partial charge is 0.410 e. The van der Waals surface area contributed by atoms with Gasteiger partial charge in [-0.1, -0.05) is 6.92 Å². The maximum Gasteiger partial charge on any atom is 0.410 e. The Morgan fingerprint density at radius 3 is 2.65 bits per heavy atom. The third-order valence-corrected chi connectivity index (χ3v) is 7.53. The average Bonchev–Trinajstić information content (AvgIpc) is 3.51. The summed E-state index contributed by atoms with van der Waals surface area (Å²) in [6, 6.07) is 1.46. The van der Waals surface area contributed by atoms with Gasteiger partial charge < -0.3 is 24.4 Å². The highest BCUT2D eigenvalue weighted by Gasteiger charge is 2.40. The lowest BCUT2D eigenvalue weighted by molar-refractivity contribution is -0.124. The number of hydrogen-bond acceptors (Lipinski definition) is 6. The van der Waals surface area contributed by atoms with Crippen molar-refractivity contribution in [1.82, 2.24) is 4.90 Å². The fraction of sp³-hybridized carbons (Fsp3) is 0.682. The van der Waals surface area contributed by atoms with E-state index >= 15 is 0 Å². The molecule has 3 heterocycles. The first-order valence-corrected chi connectivity index (χ1v) is 12.0. The van der Waals surface area contributed by atoms with Crippen molar-refractivity contribution in [2.75, 3.05) is 31.2 Å². The lowest BCUT2D eigenvalue weighted by Gasteiger charge is -2.34. The lowest BCUT2D eigenvalue weighted by atomic mass is 9.82. The van der Waals surface area contributed by atoms with Gasteiger partial charge in [-0.15, -0.1) is 11.3 Å². The Hall–Kier alpha value is -2.13. The average molecular weight is 451 g/mol. The summed E-state index contributed by atoms with van der Waals surface area (Å²) in [4.78, 5) is 41.4. The number of anilines is 1. The molecule has 4 rings (SSSR count). The van der Waals surface area contributed by atoms with Gasteiger partial charge >= 0.3 is 12.1 Å². The Bertz CT molecular complexity index is 813. The van der Waals surface area contributed by atoms with Crippen LogP contribution in [0.15, 0.2) is 11.4 Å². The van der Waals surface area contributed by atoms with E-state index in [2.05, 4.69) is 6.92 Å². The number of thiophene rings is 1. The van der Waals surface area contributed by atoms with E-state index in [4.69, 9.17) is 9.47 Å². The number of carbonyl (C=O) groups excluding carboxylic acids is 2. The molecule has 1 aromatic rings. The minimum absolute atomic E-state index is 0.0165. The molecule has 2 amide bonds. The number of ether oxygens (including phenoxy) is 2. The number of aromatic carboxylic acids is 1. The molecule has 170 valence electrons. The zero-order valence-corrected chi connectivity index (χ0v) is 18.6. The largest absolute Gasteiger partial charge is 0.477 e. The predicted octanol–water partition coefficient (Wildman–Crippen LogP) is 3.61. The SMILES string of the molecule is CC1CCC(C(=O)N(c2ccsc2C(=O)O)[C@H]2CCN(C(=O)O[C@@H]3CCOC3)C2)CC1. The highest BCUT2D eigenvalue weighted by molar-refractivity contribution is 7.12. The number of hydrogen-bond donors (Lipinski definition) is 1. The fourth-order valence-electron chi connectivity index (χ4n) is 4.79. The maximum absolute atomic E-state index is 13.6. The molecule has 0 radical (unpaired) electrons. The Kier molecular flexibility index (Phi) is 6.81. The van der Waals surface area contributed by atoms with E-state index < -0.39 is 5.97 Å². The van der Waals surface area contributed by atoms with Crippen molar-refractivity contribution < 1.29 is 29.0 Å². The van der Waals surface area contributed by atoms with Gasteiger partial charge in [-0.25, -0.2) is 9.59 Å². The van der Waals surface area contributed by atoms with Crippen LogP contribution in [0.25, 0.3) is 0 Å². The lowest BCUT2D eigenvalue weighted by Crippen LogP contribution is -2.47. The topological polar surface area (TPSA) is 96.4 Å². The number of carbonyl (C=O) groups is 3. The van der Waals surface area contributed by atoms with E-state index in [1.54, 1.807) is 21.2 Å². The summed E-state index contributed by atoms with van der Waals surface area (Å²) in [6.07, 6.45) is 4.35. The number of carboxylic acid groups (broad SMARTS) is 1. The van der Waals surface area contributed by atoms with Gasteiger partial charge in [-0.3, -0.25) is 4.79 Å². The molecule has 1 aromatic heterocycles. The second-order valence-corrected chi connectivity index (χ2v) is 9.78. The van der Waals surface area contributed by atoms with Crippen LogP contribution in [0.2, 0.25) is 0 Å². The molecular weight excluding hydrogens is 420 g/mol. The highest BCUT2D eigenvalue weighted by Crippen LogP contribution is 2.36. The van der Waals surface area contributed by atoms with Crippen LogP contribution in [0.5, 0.6) is 0 Å². The van der Waals surface area contributed by atoms with Gasteiger partial charge in [0, 0.05) is 25.4 Å². The normalized spacial score (nSPS) is 28.5. The van der Waals surface area contributed by atoms with Crippen LogP contribution in [0, 0.1) is 11.8 Å². The summed E-state index contributed by atoms with van der Waals surface area (Å²) in [5, 5.41) is 11.4. The van der Waals surface area contributed by atoms with Gasteiger partial charge in [0.25, 0.3) is 0 Å². The Labute approximate surface area is 186 Å². The van der Waals surface area contributed by atoms with E-state index in [-0.39, 0.29) is 34.9 Å². The van der Waals surface area contributed by atoms with Gasteiger partial charge in [0.2, 0.25) is 5.91 Å². The molecule has 8 nitrogen and oxygen atoms in total.